The number of likely N-dealkylation sites (tertiary alicyclic amines) is 2. The van der Waals surface area contributed by atoms with Gasteiger partial charge in [-0.15, -0.1) is 0 Å². The first-order chi connectivity index (χ1) is 12.3. The average Bonchev–Trinajstić information content (AvgIpc) is 3.00. The van der Waals surface area contributed by atoms with E-state index in [0.29, 0.717) is 11.3 Å². The number of hydrogen-bond acceptors (Lipinski definition) is 3. The van der Waals surface area contributed by atoms with Crippen molar-refractivity contribution in [2.24, 2.45) is 16.3 Å². The van der Waals surface area contributed by atoms with Crippen molar-refractivity contribution in [2.45, 2.75) is 64.9 Å². The molecule has 1 aliphatic carbocycles. The Morgan fingerprint density at radius 2 is 1.96 bits per heavy atom. The van der Waals surface area contributed by atoms with Gasteiger partial charge in [-0.3, -0.25) is 4.99 Å². The first-order valence-electron chi connectivity index (χ1n) is 10.2. The van der Waals surface area contributed by atoms with Crippen molar-refractivity contribution in [3.63, 3.8) is 0 Å². The summed E-state index contributed by atoms with van der Waals surface area (Å²) < 4.78 is 5.53. The molecule has 0 bridgehead atoms. The number of aliphatic imine (C=N–C) groups is 1. The van der Waals surface area contributed by atoms with Crippen LogP contribution in [0.25, 0.3) is 0 Å². The molecule has 0 aromatic heterocycles. The van der Waals surface area contributed by atoms with Crippen LogP contribution in [0.5, 0.6) is 0 Å². The van der Waals surface area contributed by atoms with E-state index >= 15 is 0 Å². The van der Waals surface area contributed by atoms with E-state index in [1.54, 1.807) is 0 Å². The minimum absolute atomic E-state index is 0.182. The molecule has 26 heavy (non-hydrogen) atoms. The minimum Gasteiger partial charge on any atom is -0.444 e. The molecule has 6 heteroatoms. The summed E-state index contributed by atoms with van der Waals surface area (Å²) in [7, 11) is 1.88. The molecule has 1 amide bonds. The molecule has 1 spiro atoms. The third kappa shape index (κ3) is 4.63. The number of carbonyl (C=O) groups excluding carboxylic acids is 1. The maximum absolute atomic E-state index is 12.3. The third-order valence-electron chi connectivity index (χ3n) is 6.08. The second-order valence-corrected chi connectivity index (χ2v) is 9.39. The molecule has 2 saturated heterocycles. The minimum atomic E-state index is -0.433. The molecule has 1 atom stereocenters. The number of piperidine rings is 1. The predicted octanol–water partition coefficient (Wildman–Crippen LogP) is 3.08. The maximum atomic E-state index is 12.3. The Hall–Kier alpha value is -1.46. The van der Waals surface area contributed by atoms with Crippen molar-refractivity contribution in [1.82, 2.24) is 15.1 Å². The predicted molar refractivity (Wildman–Crippen MR) is 104 cm³/mol. The molecule has 0 aromatic carbocycles. The van der Waals surface area contributed by atoms with Gasteiger partial charge in [0.2, 0.25) is 0 Å². The van der Waals surface area contributed by atoms with Crippen molar-refractivity contribution >= 4 is 12.1 Å². The van der Waals surface area contributed by atoms with Crippen molar-refractivity contribution in [2.75, 3.05) is 39.8 Å². The van der Waals surface area contributed by atoms with Gasteiger partial charge in [0, 0.05) is 39.8 Å². The van der Waals surface area contributed by atoms with Gasteiger partial charge in [-0.1, -0.05) is 6.42 Å². The van der Waals surface area contributed by atoms with Crippen molar-refractivity contribution < 1.29 is 9.53 Å². The van der Waals surface area contributed by atoms with E-state index in [1.165, 1.54) is 25.7 Å². The average molecular weight is 365 g/mol. The van der Waals surface area contributed by atoms with E-state index in [4.69, 9.17) is 4.74 Å². The van der Waals surface area contributed by atoms with E-state index in [2.05, 4.69) is 15.2 Å². The van der Waals surface area contributed by atoms with Crippen LogP contribution in [0.4, 0.5) is 4.79 Å². The van der Waals surface area contributed by atoms with E-state index < -0.39 is 5.60 Å². The summed E-state index contributed by atoms with van der Waals surface area (Å²) in [5.41, 5.74) is 0.146. The molecule has 3 fully saturated rings. The quantitative estimate of drug-likeness (QED) is 0.604. The van der Waals surface area contributed by atoms with Crippen LogP contribution >= 0.6 is 0 Å². The molecule has 2 aliphatic heterocycles. The molecule has 1 unspecified atom stereocenters. The highest BCUT2D eigenvalue weighted by Gasteiger charge is 2.43. The highest BCUT2D eigenvalue weighted by molar-refractivity contribution is 5.80. The molecule has 6 nitrogen and oxygen atoms in total. The first kappa shape index (κ1) is 19.3. The fourth-order valence-corrected chi connectivity index (χ4v) is 4.49. The van der Waals surface area contributed by atoms with Gasteiger partial charge >= 0.3 is 6.09 Å². The van der Waals surface area contributed by atoms with Crippen LogP contribution in [-0.4, -0.2) is 67.2 Å². The Kier molecular flexibility index (Phi) is 5.68. The number of rotatable bonds is 2. The van der Waals surface area contributed by atoms with Crippen LogP contribution in [0.15, 0.2) is 4.99 Å². The van der Waals surface area contributed by atoms with Gasteiger partial charge < -0.3 is 19.9 Å². The molecule has 3 rings (SSSR count). The smallest absolute Gasteiger partial charge is 0.410 e. The van der Waals surface area contributed by atoms with Crippen LogP contribution in [-0.2, 0) is 4.74 Å². The lowest BCUT2D eigenvalue weighted by Gasteiger charge is -2.38. The molecular weight excluding hydrogens is 328 g/mol. The SMILES string of the molecule is CN=C(NCC1CCCN(C(=O)OC(C)(C)C)C1)N1CCC2(CCC2)C1. The van der Waals surface area contributed by atoms with Gasteiger partial charge in [0.15, 0.2) is 5.96 Å². The monoisotopic (exact) mass is 364 g/mol. The fraction of sp³-hybridized carbons (Fsp3) is 0.900. The summed E-state index contributed by atoms with van der Waals surface area (Å²) in [6.45, 7) is 10.5. The van der Waals surface area contributed by atoms with E-state index in [-0.39, 0.29) is 6.09 Å². The summed E-state index contributed by atoms with van der Waals surface area (Å²) in [5, 5.41) is 3.57. The second-order valence-electron chi connectivity index (χ2n) is 9.39. The Balaban J connectivity index is 1.47. The largest absolute Gasteiger partial charge is 0.444 e. The molecular formula is C20H36N4O2. The Labute approximate surface area is 158 Å². The normalized spacial score (nSPS) is 26.0. The summed E-state index contributed by atoms with van der Waals surface area (Å²) in [5.74, 6) is 1.48. The van der Waals surface area contributed by atoms with Gasteiger partial charge in [0.25, 0.3) is 0 Å². The van der Waals surface area contributed by atoms with Crippen LogP contribution < -0.4 is 5.32 Å². The Morgan fingerprint density at radius 1 is 1.19 bits per heavy atom. The lowest BCUT2D eigenvalue weighted by Crippen LogP contribution is -2.48. The molecule has 2 heterocycles. The molecule has 148 valence electrons. The molecule has 1 N–H and O–H groups in total. The Bertz CT molecular complexity index is 536. The number of hydrogen-bond donors (Lipinski definition) is 1. The summed E-state index contributed by atoms with van der Waals surface area (Å²) >= 11 is 0. The zero-order valence-electron chi connectivity index (χ0n) is 17.0. The number of amides is 1. The number of nitrogens with one attached hydrogen (secondary N) is 1. The highest BCUT2D eigenvalue weighted by atomic mass is 16.6. The van der Waals surface area contributed by atoms with Crippen LogP contribution in [0.3, 0.4) is 0 Å². The summed E-state index contributed by atoms with van der Waals surface area (Å²) in [6, 6.07) is 0. The van der Waals surface area contributed by atoms with E-state index in [9.17, 15) is 4.79 Å². The lowest BCUT2D eigenvalue weighted by molar-refractivity contribution is 0.0168. The van der Waals surface area contributed by atoms with E-state index in [1.807, 2.05) is 32.7 Å². The van der Waals surface area contributed by atoms with Crippen molar-refractivity contribution in [1.29, 1.82) is 0 Å². The highest BCUT2D eigenvalue weighted by Crippen LogP contribution is 2.47. The molecule has 1 saturated carbocycles. The first-order valence-corrected chi connectivity index (χ1v) is 10.2. The number of carbonyl (C=O) groups is 1. The standard InChI is InChI=1S/C20H36N4O2/c1-19(2,3)26-18(25)23-11-5-7-16(14-23)13-22-17(21-4)24-12-10-20(15-24)8-6-9-20/h16H,5-15H2,1-4H3,(H,21,22). The summed E-state index contributed by atoms with van der Waals surface area (Å²) in [6.07, 6.45) is 7.47. The topological polar surface area (TPSA) is 57.2 Å². The number of nitrogens with zero attached hydrogens (tertiary/aromatic N) is 3. The number of ether oxygens (including phenoxy) is 1. The maximum Gasteiger partial charge on any atom is 0.410 e. The fourth-order valence-electron chi connectivity index (χ4n) is 4.49. The van der Waals surface area contributed by atoms with Gasteiger partial charge in [-0.2, -0.15) is 0 Å². The molecule has 3 aliphatic rings. The molecule has 0 aromatic rings. The molecule has 0 radical (unpaired) electrons. The van der Waals surface area contributed by atoms with Gasteiger partial charge in [-0.05, 0) is 64.2 Å². The second kappa shape index (κ2) is 7.65. The van der Waals surface area contributed by atoms with Crippen molar-refractivity contribution in [3.05, 3.63) is 0 Å². The third-order valence-corrected chi connectivity index (χ3v) is 6.08. The van der Waals surface area contributed by atoms with Crippen LogP contribution in [0.2, 0.25) is 0 Å². The van der Waals surface area contributed by atoms with Gasteiger partial charge in [-0.25, -0.2) is 4.79 Å². The van der Waals surface area contributed by atoms with Crippen LogP contribution in [0, 0.1) is 11.3 Å². The Morgan fingerprint density at radius 3 is 2.54 bits per heavy atom. The van der Waals surface area contributed by atoms with Crippen molar-refractivity contribution in [3.8, 4) is 0 Å². The van der Waals surface area contributed by atoms with Gasteiger partial charge in [0.05, 0.1) is 0 Å². The van der Waals surface area contributed by atoms with E-state index in [0.717, 1.165) is 51.5 Å². The van der Waals surface area contributed by atoms with Gasteiger partial charge in [0.1, 0.15) is 5.60 Å². The van der Waals surface area contributed by atoms with Crippen LogP contribution in [0.1, 0.15) is 59.3 Å². The zero-order valence-corrected chi connectivity index (χ0v) is 17.0. The zero-order chi connectivity index (χ0) is 18.8. The lowest BCUT2D eigenvalue weighted by atomic mass is 9.68. The summed E-state index contributed by atoms with van der Waals surface area (Å²) in [4.78, 5) is 21.1. The number of guanidine groups is 1.